The first-order valence-electron chi connectivity index (χ1n) is 12.4. The number of hydrogen-bond donors (Lipinski definition) is 12. The fourth-order valence-corrected chi connectivity index (χ4v) is 4.80. The minimum atomic E-state index is -1.64. The molecule has 2 aliphatic heterocycles. The highest BCUT2D eigenvalue weighted by atomic mass is 16.7. The second-order valence-corrected chi connectivity index (χ2v) is 9.79. The first kappa shape index (κ1) is 31.4. The third-order valence-electron chi connectivity index (χ3n) is 7.10. The number of nitrogens with one attached hydrogen (secondary N) is 1. The lowest BCUT2D eigenvalue weighted by Gasteiger charge is -2.47. The van der Waals surface area contributed by atoms with Crippen molar-refractivity contribution in [1.29, 1.82) is 0 Å². The smallest absolute Gasteiger partial charge is 0.249 e. The van der Waals surface area contributed by atoms with Crippen LogP contribution in [0.3, 0.4) is 0 Å². The number of aliphatic hydroxyl groups excluding tert-OH is 8. The lowest BCUT2D eigenvalue weighted by atomic mass is 9.83. The molecule has 1 aliphatic carbocycles. The second kappa shape index (κ2) is 13.5. The van der Waals surface area contributed by atoms with Crippen LogP contribution in [0.15, 0.2) is 0 Å². The van der Waals surface area contributed by atoms with Crippen LogP contribution in [0, 0.1) is 0 Å². The van der Waals surface area contributed by atoms with Crippen molar-refractivity contribution < 1.29 is 64.6 Å². The van der Waals surface area contributed by atoms with E-state index in [1.807, 2.05) is 0 Å². The van der Waals surface area contributed by atoms with Crippen molar-refractivity contribution in [2.45, 2.75) is 105 Å². The van der Waals surface area contributed by atoms with E-state index in [0.717, 1.165) is 0 Å². The molecule has 17 heteroatoms. The van der Waals surface area contributed by atoms with Gasteiger partial charge in [-0.15, -0.1) is 0 Å². The topological polar surface area (TPSA) is 306 Å². The van der Waals surface area contributed by atoms with Crippen molar-refractivity contribution in [3.63, 3.8) is 0 Å². The quantitative estimate of drug-likeness (QED) is 0.119. The number of hydrogen-bond acceptors (Lipinski definition) is 16. The summed E-state index contributed by atoms with van der Waals surface area (Å²) in [6, 6.07) is -3.40. The molecule has 0 aromatic heterocycles. The Labute approximate surface area is 218 Å². The Morgan fingerprint density at radius 1 is 0.868 bits per heavy atom. The van der Waals surface area contributed by atoms with Gasteiger partial charge in [0.05, 0.1) is 25.3 Å². The first-order chi connectivity index (χ1) is 17.9. The standard InChI is InChI=1S/C21H40N4O13/c22-2-1-8(28)19(34)25-7-3-6(23)17(37-20-11(24)15(32)13(30)9(4-26)35-20)18(12(7)29)38-21-16(33)14(31)10(5-27)36-21/h6-18,20-21,26-33H,1-5,22-24H2,(H,25,34)/t6-,7+,8-,9+,10+,11+,12-,13+,14+,15+,16+,17+,18+,20+,21-/m0/s1. The van der Waals surface area contributed by atoms with Gasteiger partial charge in [-0.2, -0.15) is 0 Å². The van der Waals surface area contributed by atoms with Gasteiger partial charge in [0.15, 0.2) is 12.6 Å². The molecule has 1 amide bonds. The molecule has 0 spiro atoms. The molecule has 3 fully saturated rings. The third kappa shape index (κ3) is 6.60. The van der Waals surface area contributed by atoms with Crippen molar-refractivity contribution in [2.24, 2.45) is 17.2 Å². The molecule has 2 saturated heterocycles. The molecule has 3 rings (SSSR count). The number of nitrogens with two attached hydrogens (primary N) is 3. The molecule has 222 valence electrons. The molecule has 3 aliphatic rings. The Hall–Kier alpha value is -1.13. The number of carbonyl (C=O) groups is 1. The van der Waals surface area contributed by atoms with E-state index in [1.165, 1.54) is 0 Å². The molecule has 15 atom stereocenters. The highest BCUT2D eigenvalue weighted by Crippen LogP contribution is 2.32. The van der Waals surface area contributed by atoms with Gasteiger partial charge in [-0.3, -0.25) is 4.79 Å². The molecule has 0 radical (unpaired) electrons. The normalized spacial score (nSPS) is 46.6. The van der Waals surface area contributed by atoms with Crippen molar-refractivity contribution in [1.82, 2.24) is 5.32 Å². The van der Waals surface area contributed by atoms with E-state index < -0.39 is 111 Å². The molecule has 0 bridgehead atoms. The Kier molecular flexibility index (Phi) is 11.1. The summed E-state index contributed by atoms with van der Waals surface area (Å²) in [6.45, 7) is -1.28. The molecule has 15 N–H and O–H groups in total. The zero-order valence-corrected chi connectivity index (χ0v) is 20.5. The Morgan fingerprint density at radius 3 is 2.00 bits per heavy atom. The monoisotopic (exact) mass is 556 g/mol. The summed E-state index contributed by atoms with van der Waals surface area (Å²) in [5.41, 5.74) is 17.6. The predicted molar refractivity (Wildman–Crippen MR) is 123 cm³/mol. The minimum absolute atomic E-state index is 0.0330. The van der Waals surface area contributed by atoms with E-state index in [1.54, 1.807) is 0 Å². The van der Waals surface area contributed by atoms with Crippen molar-refractivity contribution in [2.75, 3.05) is 19.8 Å². The minimum Gasteiger partial charge on any atom is -0.394 e. The molecule has 0 aromatic rings. The zero-order chi connectivity index (χ0) is 28.3. The summed E-state index contributed by atoms with van der Waals surface area (Å²) in [4.78, 5) is 12.4. The first-order valence-corrected chi connectivity index (χ1v) is 12.4. The number of ether oxygens (including phenoxy) is 4. The van der Waals surface area contributed by atoms with E-state index in [9.17, 15) is 45.6 Å². The average molecular weight is 557 g/mol. The van der Waals surface area contributed by atoms with Gasteiger partial charge >= 0.3 is 0 Å². The number of amides is 1. The zero-order valence-electron chi connectivity index (χ0n) is 20.5. The summed E-state index contributed by atoms with van der Waals surface area (Å²) < 4.78 is 22.5. The van der Waals surface area contributed by atoms with Gasteiger partial charge in [-0.1, -0.05) is 0 Å². The van der Waals surface area contributed by atoms with E-state index in [4.69, 9.17) is 36.1 Å². The van der Waals surface area contributed by atoms with E-state index >= 15 is 0 Å². The van der Waals surface area contributed by atoms with Crippen molar-refractivity contribution >= 4 is 5.91 Å². The van der Waals surface area contributed by atoms with E-state index in [2.05, 4.69) is 5.32 Å². The van der Waals surface area contributed by atoms with Crippen LogP contribution in [0.4, 0.5) is 0 Å². The van der Waals surface area contributed by atoms with Crippen LogP contribution in [0.25, 0.3) is 0 Å². The summed E-state index contributed by atoms with van der Waals surface area (Å²) in [6.07, 6.45) is -17.6. The van der Waals surface area contributed by atoms with Crippen LogP contribution >= 0.6 is 0 Å². The van der Waals surface area contributed by atoms with Crippen LogP contribution in [-0.2, 0) is 23.7 Å². The lowest BCUT2D eigenvalue weighted by Crippen LogP contribution is -2.69. The van der Waals surface area contributed by atoms with Crippen LogP contribution in [0.5, 0.6) is 0 Å². The highest BCUT2D eigenvalue weighted by molar-refractivity contribution is 5.80. The van der Waals surface area contributed by atoms with Gasteiger partial charge in [-0.25, -0.2) is 0 Å². The summed E-state index contributed by atoms with van der Waals surface area (Å²) in [7, 11) is 0. The lowest BCUT2D eigenvalue weighted by molar-refractivity contribution is -0.311. The largest absolute Gasteiger partial charge is 0.394 e. The van der Waals surface area contributed by atoms with E-state index in [-0.39, 0.29) is 19.4 Å². The van der Waals surface area contributed by atoms with E-state index in [0.29, 0.717) is 0 Å². The SMILES string of the molecule is NCC[C@H](O)C(=O)N[C@@H]1C[C@H](N)[C@@H](O[C@H]2O[C@H](CO)[C@@H](O)[C@H](O)[C@H]2N)[C@H](O[C@@H]2O[C@H](CO)[C@@H](O)[C@H]2O)[C@H]1O. The molecular formula is C21H40N4O13. The maximum atomic E-state index is 12.4. The highest BCUT2D eigenvalue weighted by Gasteiger charge is 2.53. The number of rotatable bonds is 10. The van der Waals surface area contributed by atoms with Crippen molar-refractivity contribution in [3.8, 4) is 0 Å². The van der Waals surface area contributed by atoms with Gasteiger partial charge in [0.1, 0.15) is 61.0 Å². The van der Waals surface area contributed by atoms with Crippen LogP contribution in [0.2, 0.25) is 0 Å². The van der Waals surface area contributed by atoms with Crippen LogP contribution in [-0.4, -0.2) is 158 Å². The van der Waals surface area contributed by atoms with Gasteiger partial charge < -0.3 is 82.3 Å². The van der Waals surface area contributed by atoms with Crippen LogP contribution < -0.4 is 22.5 Å². The van der Waals surface area contributed by atoms with Gasteiger partial charge in [0.25, 0.3) is 0 Å². The Balaban J connectivity index is 1.84. The molecule has 17 nitrogen and oxygen atoms in total. The molecule has 1 saturated carbocycles. The molecular weight excluding hydrogens is 516 g/mol. The fraction of sp³-hybridized carbons (Fsp3) is 0.952. The summed E-state index contributed by atoms with van der Waals surface area (Å²) in [5.74, 6) is -0.821. The molecule has 0 aromatic carbocycles. The average Bonchev–Trinajstić information content (AvgIpc) is 3.16. The maximum absolute atomic E-state index is 12.4. The van der Waals surface area contributed by atoms with Gasteiger partial charge in [0.2, 0.25) is 5.91 Å². The predicted octanol–water partition coefficient (Wildman–Crippen LogP) is -7.75. The number of carbonyl (C=O) groups excluding carboxylic acids is 1. The fourth-order valence-electron chi connectivity index (χ4n) is 4.80. The molecule has 38 heavy (non-hydrogen) atoms. The molecule has 2 heterocycles. The maximum Gasteiger partial charge on any atom is 0.249 e. The van der Waals surface area contributed by atoms with Gasteiger partial charge in [-0.05, 0) is 19.4 Å². The third-order valence-corrected chi connectivity index (χ3v) is 7.10. The number of aliphatic hydroxyl groups is 8. The Bertz CT molecular complexity index is 769. The van der Waals surface area contributed by atoms with Crippen molar-refractivity contribution in [3.05, 3.63) is 0 Å². The van der Waals surface area contributed by atoms with Gasteiger partial charge in [0, 0.05) is 6.04 Å². The summed E-state index contributed by atoms with van der Waals surface area (Å²) in [5, 5.41) is 83.2. The Morgan fingerprint density at radius 2 is 1.42 bits per heavy atom. The summed E-state index contributed by atoms with van der Waals surface area (Å²) >= 11 is 0. The van der Waals surface area contributed by atoms with Crippen LogP contribution in [0.1, 0.15) is 12.8 Å². The second-order valence-electron chi connectivity index (χ2n) is 9.79. The molecule has 0 unspecified atom stereocenters.